The Balaban J connectivity index is 1.06. The number of imidazole rings is 2. The number of fused-ring (bicyclic) bond motifs is 2. The lowest BCUT2D eigenvalue weighted by Gasteiger charge is -2.30. The lowest BCUT2D eigenvalue weighted by Crippen LogP contribution is -2.51. The number of methoxy groups -OCH3 is 2. The molecule has 3 aromatic heterocycles. The molecule has 4 amide bonds. The molecule has 2 aliphatic heterocycles. The van der Waals surface area contributed by atoms with Gasteiger partial charge in [-0.25, -0.2) is 19.6 Å². The van der Waals surface area contributed by atoms with E-state index >= 15 is 0 Å². The Labute approximate surface area is 336 Å². The van der Waals surface area contributed by atoms with Gasteiger partial charge in [-0.1, -0.05) is 71.9 Å². The summed E-state index contributed by atoms with van der Waals surface area (Å²) in [5.74, 6) is 1.56. The van der Waals surface area contributed by atoms with E-state index in [-0.39, 0.29) is 47.6 Å². The van der Waals surface area contributed by atoms with Gasteiger partial charge in [-0.3, -0.25) is 9.59 Å². The van der Waals surface area contributed by atoms with Gasteiger partial charge in [0.05, 0.1) is 42.9 Å². The van der Waals surface area contributed by atoms with E-state index in [1.807, 2.05) is 43.6 Å². The Morgan fingerprint density at radius 1 is 0.702 bits per heavy atom. The first-order valence-corrected chi connectivity index (χ1v) is 20.5. The maximum absolute atomic E-state index is 13.8. The number of nitrogens with one attached hydrogen (secondary N) is 4. The fourth-order valence-electron chi connectivity index (χ4n) is 8.18. The number of hydrogen-bond donors (Lipinski definition) is 4. The number of H-pyrrole nitrogens is 2. The van der Waals surface area contributed by atoms with Crippen molar-refractivity contribution in [2.75, 3.05) is 27.3 Å². The van der Waals surface area contributed by atoms with Crippen molar-refractivity contribution in [1.82, 2.24) is 40.4 Å². The van der Waals surface area contributed by atoms with E-state index in [1.54, 1.807) is 11.3 Å². The molecule has 0 bridgehead atoms. The second-order valence-corrected chi connectivity index (χ2v) is 17.3. The summed E-state index contributed by atoms with van der Waals surface area (Å²) in [6.45, 7) is 13.1. The van der Waals surface area contributed by atoms with Crippen molar-refractivity contribution < 1.29 is 28.7 Å². The SMILES string of the molecule is COC(=O)N[C@H](C(=O)N1C[C@@H](C)C[C@@H]1c1nc2sc(-c3ccc(-c4ccc5nc([C@@H]6C[C@H](C)CN6C(=O)[C@H](NC(=O)OC)C(C)C)[nH]c5c4)cc3)cc2[nH]1)C(C)C. The molecule has 14 nitrogen and oxygen atoms in total. The van der Waals surface area contributed by atoms with Crippen LogP contribution in [0.5, 0.6) is 0 Å². The largest absolute Gasteiger partial charge is 0.453 e. The third-order valence-electron chi connectivity index (χ3n) is 11.2. The smallest absolute Gasteiger partial charge is 0.407 e. The first-order chi connectivity index (χ1) is 27.2. The summed E-state index contributed by atoms with van der Waals surface area (Å²) in [4.78, 5) is 74.1. The molecule has 2 saturated heterocycles. The van der Waals surface area contributed by atoms with Crippen molar-refractivity contribution in [3.8, 4) is 21.6 Å². The molecule has 5 heterocycles. The van der Waals surface area contributed by atoms with Gasteiger partial charge in [-0.05, 0) is 71.4 Å². The fraction of sp³-hybridized carbons (Fsp3) is 0.476. The van der Waals surface area contributed by atoms with Crippen LogP contribution in [-0.4, -0.2) is 93.1 Å². The van der Waals surface area contributed by atoms with Gasteiger partial charge >= 0.3 is 12.2 Å². The summed E-state index contributed by atoms with van der Waals surface area (Å²) in [6, 6.07) is 14.9. The highest BCUT2D eigenvalue weighted by Gasteiger charge is 2.41. The Hall–Kier alpha value is -5.44. The summed E-state index contributed by atoms with van der Waals surface area (Å²) in [5.41, 5.74) is 5.80. The zero-order valence-corrected chi connectivity index (χ0v) is 34.5. The maximum Gasteiger partial charge on any atom is 0.407 e. The van der Waals surface area contributed by atoms with Gasteiger partial charge < -0.3 is 39.9 Å². The van der Waals surface area contributed by atoms with E-state index < -0.39 is 24.3 Å². The van der Waals surface area contributed by atoms with Crippen LogP contribution in [0.2, 0.25) is 0 Å². The van der Waals surface area contributed by atoms with Crippen molar-refractivity contribution in [3.63, 3.8) is 0 Å². The highest BCUT2D eigenvalue weighted by molar-refractivity contribution is 7.21. The summed E-state index contributed by atoms with van der Waals surface area (Å²) < 4.78 is 9.57. The standard InChI is InChI=1S/C42H52N8O6S/c1-21(2)34(46-41(53)55-7)39(51)49-19-23(5)15-31(49)36-43-28-14-13-27(17-29(28)44-36)25-9-11-26(12-10-25)33-18-30-38(57-33)48-37(45-30)32-16-24(6)20-50(32)40(52)35(22(3)4)47-42(54)56-8/h9-14,17-18,21-24,31-32,34-35H,15-16,19-20H2,1-8H3,(H,43,44)(H,45,48)(H,46,53)(H,47,54)/t23-,24-,31-,32+,34+,35-/m0/s1. The number of benzene rings is 2. The number of carbonyl (C=O) groups is 4. The molecule has 302 valence electrons. The molecule has 2 aromatic carbocycles. The monoisotopic (exact) mass is 796 g/mol. The summed E-state index contributed by atoms with van der Waals surface area (Å²) in [6.07, 6.45) is 0.301. The van der Waals surface area contributed by atoms with Crippen molar-refractivity contribution in [2.24, 2.45) is 23.7 Å². The van der Waals surface area contributed by atoms with Gasteiger partial charge in [0, 0.05) is 18.0 Å². The average molecular weight is 797 g/mol. The molecule has 5 aromatic rings. The van der Waals surface area contributed by atoms with Gasteiger partial charge in [0.1, 0.15) is 28.6 Å². The Bertz CT molecular complexity index is 2250. The molecule has 4 N–H and O–H groups in total. The lowest BCUT2D eigenvalue weighted by atomic mass is 10.0. The minimum Gasteiger partial charge on any atom is -0.453 e. The van der Waals surface area contributed by atoms with E-state index in [2.05, 4.69) is 76.9 Å². The molecular formula is C42H52N8O6S. The second kappa shape index (κ2) is 16.2. The number of aromatic amines is 2. The number of carbonyl (C=O) groups excluding carboxylic acids is 4. The molecule has 0 aliphatic carbocycles. The van der Waals surface area contributed by atoms with Crippen LogP contribution in [0.3, 0.4) is 0 Å². The normalized spacial score (nSPS) is 20.7. The van der Waals surface area contributed by atoms with Crippen LogP contribution in [0.1, 0.15) is 78.1 Å². The first-order valence-electron chi connectivity index (χ1n) is 19.6. The van der Waals surface area contributed by atoms with E-state index in [0.29, 0.717) is 13.1 Å². The minimum absolute atomic E-state index is 0.109. The van der Waals surface area contributed by atoms with Crippen molar-refractivity contribution >= 4 is 56.7 Å². The van der Waals surface area contributed by atoms with Crippen LogP contribution in [0.25, 0.3) is 42.9 Å². The first kappa shape index (κ1) is 39.8. The number of aromatic nitrogens is 4. The van der Waals surface area contributed by atoms with E-state index in [0.717, 1.165) is 67.4 Å². The van der Waals surface area contributed by atoms with Gasteiger partial charge in [-0.15, -0.1) is 11.3 Å². The number of hydrogen-bond acceptors (Lipinski definition) is 9. The molecule has 2 aliphatic rings. The van der Waals surface area contributed by atoms with Gasteiger partial charge in [0.25, 0.3) is 0 Å². The molecule has 0 unspecified atom stereocenters. The Kier molecular flexibility index (Phi) is 11.3. The molecule has 6 atom stereocenters. The second-order valence-electron chi connectivity index (χ2n) is 16.3. The van der Waals surface area contributed by atoms with Crippen LogP contribution in [0, 0.1) is 23.7 Å². The summed E-state index contributed by atoms with van der Waals surface area (Å²) in [5, 5.41) is 5.44. The summed E-state index contributed by atoms with van der Waals surface area (Å²) >= 11 is 1.60. The van der Waals surface area contributed by atoms with Gasteiger partial charge in [0.2, 0.25) is 11.8 Å². The van der Waals surface area contributed by atoms with Gasteiger partial charge in [0.15, 0.2) is 0 Å². The van der Waals surface area contributed by atoms with E-state index in [4.69, 9.17) is 19.4 Å². The molecule has 0 saturated carbocycles. The third-order valence-corrected chi connectivity index (χ3v) is 12.3. The number of amides is 4. The lowest BCUT2D eigenvalue weighted by molar-refractivity contribution is -0.136. The number of rotatable bonds is 10. The number of alkyl carbamates (subject to hydrolysis) is 2. The van der Waals surface area contributed by atoms with Crippen LogP contribution in [0.4, 0.5) is 9.59 Å². The third kappa shape index (κ3) is 8.07. The predicted molar refractivity (Wildman–Crippen MR) is 219 cm³/mol. The van der Waals surface area contributed by atoms with Crippen molar-refractivity contribution in [3.05, 3.63) is 60.2 Å². The summed E-state index contributed by atoms with van der Waals surface area (Å²) in [7, 11) is 2.59. The van der Waals surface area contributed by atoms with Gasteiger partial charge in [-0.2, -0.15) is 0 Å². The minimum atomic E-state index is -0.702. The molecular weight excluding hydrogens is 745 g/mol. The van der Waals surface area contributed by atoms with E-state index in [9.17, 15) is 19.2 Å². The van der Waals surface area contributed by atoms with Crippen LogP contribution >= 0.6 is 11.3 Å². The number of ether oxygens (including phenoxy) is 2. The fourth-order valence-corrected chi connectivity index (χ4v) is 9.18. The molecule has 57 heavy (non-hydrogen) atoms. The van der Waals surface area contributed by atoms with Crippen LogP contribution < -0.4 is 10.6 Å². The maximum atomic E-state index is 13.8. The van der Waals surface area contributed by atoms with Crippen LogP contribution in [-0.2, 0) is 19.1 Å². The number of nitrogens with zero attached hydrogens (tertiary/aromatic N) is 4. The highest BCUT2D eigenvalue weighted by Crippen LogP contribution is 2.40. The number of thiophene rings is 1. The molecule has 0 radical (unpaired) electrons. The molecule has 7 rings (SSSR count). The molecule has 15 heteroatoms. The Morgan fingerprint density at radius 3 is 1.70 bits per heavy atom. The predicted octanol–water partition coefficient (Wildman–Crippen LogP) is 7.41. The van der Waals surface area contributed by atoms with E-state index in [1.165, 1.54) is 14.2 Å². The topological polar surface area (TPSA) is 175 Å². The zero-order chi connectivity index (χ0) is 40.7. The van der Waals surface area contributed by atoms with Crippen molar-refractivity contribution in [1.29, 1.82) is 0 Å². The van der Waals surface area contributed by atoms with Crippen molar-refractivity contribution in [2.45, 2.75) is 78.6 Å². The molecule has 2 fully saturated rings. The average Bonchev–Trinajstić information content (AvgIpc) is 4.02. The highest BCUT2D eigenvalue weighted by atomic mass is 32.1. The number of likely N-dealkylation sites (tertiary alicyclic amines) is 2. The zero-order valence-electron chi connectivity index (χ0n) is 33.7. The Morgan fingerprint density at radius 2 is 1.19 bits per heavy atom. The quantitative estimate of drug-likeness (QED) is 0.113. The van der Waals surface area contributed by atoms with Crippen LogP contribution in [0.15, 0.2) is 48.5 Å². The molecule has 0 spiro atoms.